The number of benzene rings is 1. The minimum absolute atomic E-state index is 0.156. The Morgan fingerprint density at radius 2 is 1.97 bits per heavy atom. The Labute approximate surface area is 186 Å². The number of carbonyl (C=O) groups excluding carboxylic acids is 2. The summed E-state index contributed by atoms with van der Waals surface area (Å²) in [4.78, 5) is 48.8. The number of pyridine rings is 1. The molecule has 2 amide bonds. The van der Waals surface area contributed by atoms with Crippen molar-refractivity contribution in [1.29, 1.82) is 0 Å². The molecule has 0 bridgehead atoms. The van der Waals surface area contributed by atoms with Crippen molar-refractivity contribution in [3.63, 3.8) is 0 Å². The fourth-order valence-electron chi connectivity index (χ4n) is 3.29. The zero-order chi connectivity index (χ0) is 22.1. The van der Waals surface area contributed by atoms with Gasteiger partial charge in [0.25, 0.3) is 11.8 Å². The molecule has 0 spiro atoms. The number of aromatic nitrogens is 1. The van der Waals surface area contributed by atoms with Gasteiger partial charge in [0.05, 0.1) is 16.2 Å². The Kier molecular flexibility index (Phi) is 5.62. The number of para-hydroxylation sites is 1. The minimum Gasteiger partial charge on any atom is -0.480 e. The number of carbonyl (C=O) groups is 3. The molecule has 2 aliphatic rings. The third kappa shape index (κ3) is 3.73. The van der Waals surface area contributed by atoms with Gasteiger partial charge in [-0.1, -0.05) is 35.9 Å². The molecule has 1 fully saturated rings. The zero-order valence-corrected chi connectivity index (χ0v) is 17.6. The number of anilines is 1. The molecule has 0 unspecified atom stereocenters. The molecule has 0 atom stereocenters. The number of amidine groups is 1. The van der Waals surface area contributed by atoms with Crippen LogP contribution in [-0.2, 0) is 14.4 Å². The summed E-state index contributed by atoms with van der Waals surface area (Å²) in [6.45, 7) is 3.35. The van der Waals surface area contributed by atoms with E-state index in [-0.39, 0.29) is 22.2 Å². The van der Waals surface area contributed by atoms with Gasteiger partial charge in [-0.25, -0.2) is 9.98 Å². The normalized spacial score (nSPS) is 19.3. The van der Waals surface area contributed by atoms with E-state index in [1.54, 1.807) is 42.5 Å². The summed E-state index contributed by atoms with van der Waals surface area (Å²) in [5.74, 6) is -2.11. The number of fused-ring (bicyclic) bond motifs is 1. The van der Waals surface area contributed by atoms with Crippen molar-refractivity contribution in [2.75, 3.05) is 18.0 Å². The number of halogens is 1. The smallest absolute Gasteiger partial charge is 0.323 e. The molecule has 31 heavy (non-hydrogen) atoms. The second-order valence-electron chi connectivity index (χ2n) is 6.52. The SMILES string of the molecule is C=CCN1C(=O)/C(=C2/C(=O)N(CC(=O)O)c3ccccc32)SC1=Nc1cccnc1Cl. The number of nitrogens with zero attached hydrogens (tertiary/aromatic N) is 4. The highest BCUT2D eigenvalue weighted by Crippen LogP contribution is 2.45. The minimum atomic E-state index is -1.15. The van der Waals surface area contributed by atoms with E-state index < -0.39 is 24.3 Å². The Morgan fingerprint density at radius 1 is 1.19 bits per heavy atom. The Bertz CT molecular complexity index is 1190. The van der Waals surface area contributed by atoms with Gasteiger partial charge in [0, 0.05) is 18.3 Å². The first-order valence-corrected chi connectivity index (χ1v) is 10.3. The third-order valence-electron chi connectivity index (χ3n) is 4.57. The van der Waals surface area contributed by atoms with Gasteiger partial charge in [-0.2, -0.15) is 0 Å². The van der Waals surface area contributed by atoms with Gasteiger partial charge < -0.3 is 5.11 Å². The van der Waals surface area contributed by atoms with Crippen molar-refractivity contribution < 1.29 is 19.5 Å². The molecule has 0 radical (unpaired) electrons. The molecule has 2 aliphatic heterocycles. The van der Waals surface area contributed by atoms with Crippen molar-refractivity contribution >= 4 is 63.3 Å². The van der Waals surface area contributed by atoms with Crippen molar-refractivity contribution in [2.24, 2.45) is 4.99 Å². The molecule has 0 aliphatic carbocycles. The second kappa shape index (κ2) is 8.37. The molecule has 8 nitrogen and oxygen atoms in total. The lowest BCUT2D eigenvalue weighted by atomic mass is 10.1. The number of thioether (sulfide) groups is 1. The predicted molar refractivity (Wildman–Crippen MR) is 119 cm³/mol. The maximum Gasteiger partial charge on any atom is 0.323 e. The Balaban J connectivity index is 1.85. The van der Waals surface area contributed by atoms with Gasteiger partial charge in [0.1, 0.15) is 12.2 Å². The molecule has 10 heteroatoms. The fourth-order valence-corrected chi connectivity index (χ4v) is 4.54. The van der Waals surface area contributed by atoms with E-state index in [1.807, 2.05) is 0 Å². The van der Waals surface area contributed by atoms with E-state index in [9.17, 15) is 19.5 Å². The quantitative estimate of drug-likeness (QED) is 0.422. The van der Waals surface area contributed by atoms with Crippen molar-refractivity contribution in [2.45, 2.75) is 0 Å². The van der Waals surface area contributed by atoms with Gasteiger partial charge in [0.15, 0.2) is 10.3 Å². The number of aliphatic carboxylic acids is 1. The van der Waals surface area contributed by atoms with Crippen LogP contribution in [0, 0.1) is 0 Å². The van der Waals surface area contributed by atoms with Crippen LogP contribution in [0.4, 0.5) is 11.4 Å². The summed E-state index contributed by atoms with van der Waals surface area (Å²) in [5, 5.41) is 9.73. The molecule has 1 N–H and O–H groups in total. The lowest BCUT2D eigenvalue weighted by Crippen LogP contribution is -2.33. The highest BCUT2D eigenvalue weighted by molar-refractivity contribution is 8.18. The standard InChI is InChI=1S/C21H15ClN4O4S/c1-2-10-25-20(30)17(31-21(25)24-13-7-5-9-23-18(13)22)16-12-6-3-4-8-14(12)26(19(16)29)11-15(27)28/h2-9H,1,10-11H2,(H,27,28)/b17-16-,24-21?. The van der Waals surface area contributed by atoms with Gasteiger partial charge in [-0.05, 0) is 30.0 Å². The first-order chi connectivity index (χ1) is 14.9. The van der Waals surface area contributed by atoms with Gasteiger partial charge in [-0.15, -0.1) is 6.58 Å². The van der Waals surface area contributed by atoms with E-state index in [1.165, 1.54) is 11.1 Å². The summed E-state index contributed by atoms with van der Waals surface area (Å²) < 4.78 is 0. The lowest BCUT2D eigenvalue weighted by Gasteiger charge is -2.13. The van der Waals surface area contributed by atoms with Crippen LogP contribution < -0.4 is 4.90 Å². The lowest BCUT2D eigenvalue weighted by molar-refractivity contribution is -0.136. The van der Waals surface area contributed by atoms with Crippen LogP contribution in [0.15, 0.2) is 65.1 Å². The van der Waals surface area contributed by atoms with Gasteiger partial charge >= 0.3 is 5.97 Å². The number of carboxylic acid groups (broad SMARTS) is 1. The molecule has 1 aromatic carbocycles. The number of hydrogen-bond acceptors (Lipinski definition) is 6. The molecular formula is C21H15ClN4O4S. The highest BCUT2D eigenvalue weighted by atomic mass is 35.5. The molecule has 3 heterocycles. The van der Waals surface area contributed by atoms with Gasteiger partial charge in [0.2, 0.25) is 0 Å². The van der Waals surface area contributed by atoms with E-state index in [0.717, 1.165) is 16.7 Å². The number of hydrogen-bond donors (Lipinski definition) is 1. The van der Waals surface area contributed by atoms with Crippen LogP contribution in [0.5, 0.6) is 0 Å². The fraction of sp³-hybridized carbons (Fsp3) is 0.0952. The maximum absolute atomic E-state index is 13.2. The molecule has 156 valence electrons. The number of carboxylic acids is 1. The van der Waals surface area contributed by atoms with Crippen LogP contribution in [0.2, 0.25) is 5.15 Å². The average Bonchev–Trinajstić information content (AvgIpc) is 3.18. The average molecular weight is 455 g/mol. The van der Waals surface area contributed by atoms with Crippen LogP contribution in [0.1, 0.15) is 5.56 Å². The summed E-state index contributed by atoms with van der Waals surface area (Å²) >= 11 is 7.14. The maximum atomic E-state index is 13.2. The van der Waals surface area contributed by atoms with E-state index >= 15 is 0 Å². The first-order valence-electron chi connectivity index (χ1n) is 9.09. The summed E-state index contributed by atoms with van der Waals surface area (Å²) in [6.07, 6.45) is 3.08. The third-order valence-corrected chi connectivity index (χ3v) is 5.94. The zero-order valence-electron chi connectivity index (χ0n) is 16.0. The predicted octanol–water partition coefficient (Wildman–Crippen LogP) is 3.33. The molecule has 0 saturated carbocycles. The number of amides is 2. The van der Waals surface area contributed by atoms with E-state index in [0.29, 0.717) is 22.1 Å². The van der Waals surface area contributed by atoms with E-state index in [2.05, 4.69) is 16.6 Å². The number of aliphatic imine (C=N–C) groups is 1. The van der Waals surface area contributed by atoms with Crippen molar-refractivity contribution in [3.8, 4) is 0 Å². The van der Waals surface area contributed by atoms with Crippen LogP contribution >= 0.6 is 23.4 Å². The Morgan fingerprint density at radius 3 is 2.68 bits per heavy atom. The van der Waals surface area contributed by atoms with Crippen LogP contribution in [-0.4, -0.2) is 51.0 Å². The summed E-state index contributed by atoms with van der Waals surface area (Å²) in [7, 11) is 0. The number of rotatable bonds is 5. The highest BCUT2D eigenvalue weighted by Gasteiger charge is 2.42. The van der Waals surface area contributed by atoms with E-state index in [4.69, 9.17) is 11.6 Å². The monoisotopic (exact) mass is 454 g/mol. The van der Waals surface area contributed by atoms with Crippen LogP contribution in [0.25, 0.3) is 5.57 Å². The molecular weight excluding hydrogens is 440 g/mol. The van der Waals surface area contributed by atoms with Crippen molar-refractivity contribution in [3.05, 3.63) is 70.9 Å². The largest absolute Gasteiger partial charge is 0.480 e. The Hall–Kier alpha value is -3.43. The van der Waals surface area contributed by atoms with Crippen LogP contribution in [0.3, 0.4) is 0 Å². The summed E-state index contributed by atoms with van der Waals surface area (Å²) in [5.41, 5.74) is 1.49. The molecule has 1 aromatic heterocycles. The van der Waals surface area contributed by atoms with Crippen molar-refractivity contribution in [1.82, 2.24) is 9.88 Å². The first kappa shape index (κ1) is 20.8. The van der Waals surface area contributed by atoms with Gasteiger partial charge in [-0.3, -0.25) is 24.2 Å². The molecule has 1 saturated heterocycles. The molecule has 2 aromatic rings. The topological polar surface area (TPSA) is 103 Å². The summed E-state index contributed by atoms with van der Waals surface area (Å²) in [6, 6.07) is 10.1. The second-order valence-corrected chi connectivity index (χ2v) is 7.86. The molecule has 4 rings (SSSR count).